The van der Waals surface area contributed by atoms with Gasteiger partial charge in [0, 0.05) is 12.5 Å². The highest BCUT2D eigenvalue weighted by molar-refractivity contribution is 5.81. The Morgan fingerprint density at radius 1 is 1.30 bits per heavy atom. The molecule has 1 aromatic carbocycles. The van der Waals surface area contributed by atoms with E-state index in [9.17, 15) is 14.4 Å². The summed E-state index contributed by atoms with van der Waals surface area (Å²) in [5.41, 5.74) is 1.32. The van der Waals surface area contributed by atoms with Gasteiger partial charge < -0.3 is 10.1 Å². The third-order valence-corrected chi connectivity index (χ3v) is 3.52. The van der Waals surface area contributed by atoms with E-state index in [2.05, 4.69) is 36.0 Å². The van der Waals surface area contributed by atoms with Gasteiger partial charge in [-0.15, -0.1) is 0 Å². The van der Waals surface area contributed by atoms with Crippen LogP contribution in [0.15, 0.2) is 30.3 Å². The van der Waals surface area contributed by atoms with Crippen LogP contribution in [-0.4, -0.2) is 43.0 Å². The van der Waals surface area contributed by atoms with Gasteiger partial charge in [0.15, 0.2) is 0 Å². The van der Waals surface area contributed by atoms with Crippen molar-refractivity contribution < 1.29 is 19.1 Å². The Hall–Kier alpha value is -2.37. The van der Waals surface area contributed by atoms with E-state index in [0.29, 0.717) is 25.5 Å². The first-order valence-electron chi connectivity index (χ1n) is 7.76. The Kier molecular flexibility index (Phi) is 8.42. The molecule has 2 saturated heterocycles. The zero-order valence-electron chi connectivity index (χ0n) is 13.7. The third kappa shape index (κ3) is 6.95. The van der Waals surface area contributed by atoms with Gasteiger partial charge >= 0.3 is 6.09 Å². The van der Waals surface area contributed by atoms with Crippen LogP contribution in [0, 0.1) is 12.8 Å². The van der Waals surface area contributed by atoms with E-state index >= 15 is 0 Å². The largest absolute Gasteiger partial charge is 0.447 e. The molecule has 1 atom stereocenters. The van der Waals surface area contributed by atoms with Crippen LogP contribution >= 0.6 is 0 Å². The lowest BCUT2D eigenvalue weighted by molar-refractivity contribution is -0.122. The Morgan fingerprint density at radius 2 is 2.00 bits per heavy atom. The number of amides is 3. The summed E-state index contributed by atoms with van der Waals surface area (Å²) in [5, 5.41) is 2.78. The molecule has 0 saturated carbocycles. The van der Waals surface area contributed by atoms with Crippen LogP contribution < -0.4 is 5.32 Å². The molecule has 2 aliphatic heterocycles. The summed E-state index contributed by atoms with van der Waals surface area (Å²) in [4.78, 5) is 31.8. The highest BCUT2D eigenvalue weighted by Gasteiger charge is 2.21. The number of nitrogens with one attached hydrogen (secondary N) is 1. The first kappa shape index (κ1) is 18.7. The summed E-state index contributed by atoms with van der Waals surface area (Å²) in [6.45, 7) is 5.74. The van der Waals surface area contributed by atoms with Crippen LogP contribution in [-0.2, 0) is 14.3 Å². The molecule has 0 spiro atoms. The highest BCUT2D eigenvalue weighted by atomic mass is 16.6. The van der Waals surface area contributed by atoms with Crippen LogP contribution in [0.4, 0.5) is 4.79 Å². The minimum atomic E-state index is -0.542. The lowest BCUT2D eigenvalue weighted by Gasteiger charge is -1.97. The zero-order valence-corrected chi connectivity index (χ0v) is 13.7. The van der Waals surface area contributed by atoms with Gasteiger partial charge in [-0.25, -0.2) is 9.69 Å². The van der Waals surface area contributed by atoms with Crippen molar-refractivity contribution in [2.45, 2.75) is 26.7 Å². The molecular weight excluding hydrogens is 296 g/mol. The fraction of sp³-hybridized carbons (Fsp3) is 0.471. The maximum absolute atomic E-state index is 10.7. The Morgan fingerprint density at radius 3 is 2.26 bits per heavy atom. The van der Waals surface area contributed by atoms with E-state index < -0.39 is 6.09 Å². The number of carbonyl (C=O) groups is 3. The number of carbonyl (C=O) groups excluding carboxylic acids is 3. The minimum Gasteiger partial charge on any atom is -0.447 e. The Balaban J connectivity index is 0.000000173. The summed E-state index contributed by atoms with van der Waals surface area (Å²) in [6, 6.07) is 10.3. The summed E-state index contributed by atoms with van der Waals surface area (Å²) in [5.74, 6) is 0.558. The molecule has 0 aliphatic carbocycles. The van der Waals surface area contributed by atoms with Crippen LogP contribution in [0.2, 0.25) is 0 Å². The van der Waals surface area contributed by atoms with Crippen molar-refractivity contribution in [1.29, 1.82) is 0 Å². The molecule has 6 heteroatoms. The topological polar surface area (TPSA) is 75.7 Å². The van der Waals surface area contributed by atoms with E-state index in [-0.39, 0.29) is 5.91 Å². The van der Waals surface area contributed by atoms with Gasteiger partial charge in [0.25, 0.3) is 0 Å². The van der Waals surface area contributed by atoms with Crippen LogP contribution in [0.25, 0.3) is 0 Å². The lowest BCUT2D eigenvalue weighted by atomic mass is 10.1. The Bertz CT molecular complexity index is 505. The van der Waals surface area contributed by atoms with Gasteiger partial charge in [0.1, 0.15) is 6.61 Å². The number of ether oxygens (including phenoxy) is 1. The molecule has 1 aromatic rings. The van der Waals surface area contributed by atoms with Crippen molar-refractivity contribution in [3.63, 3.8) is 0 Å². The third-order valence-electron chi connectivity index (χ3n) is 3.52. The van der Waals surface area contributed by atoms with E-state index in [1.165, 1.54) is 5.56 Å². The van der Waals surface area contributed by atoms with Crippen molar-refractivity contribution in [3.8, 4) is 0 Å². The molecule has 23 heavy (non-hydrogen) atoms. The zero-order chi connectivity index (χ0) is 17.1. The monoisotopic (exact) mass is 320 g/mol. The van der Waals surface area contributed by atoms with E-state index in [4.69, 9.17) is 0 Å². The highest BCUT2D eigenvalue weighted by Crippen LogP contribution is 2.11. The number of aryl methyl sites for hydroxylation is 1. The summed E-state index contributed by atoms with van der Waals surface area (Å²) < 4.78 is 4.41. The van der Waals surface area contributed by atoms with Crippen molar-refractivity contribution in [1.82, 2.24) is 10.2 Å². The number of imide groups is 1. The molecule has 1 unspecified atom stereocenters. The molecule has 2 fully saturated rings. The number of nitrogens with zero attached hydrogens (tertiary/aromatic N) is 1. The molecule has 2 aliphatic rings. The summed E-state index contributed by atoms with van der Waals surface area (Å²) in [6.07, 6.45) is 1.95. The first-order chi connectivity index (χ1) is 11.1. The first-order valence-corrected chi connectivity index (χ1v) is 7.76. The van der Waals surface area contributed by atoms with Crippen molar-refractivity contribution in [2.24, 2.45) is 5.92 Å². The number of hydrogen-bond donors (Lipinski definition) is 1. The fourth-order valence-corrected chi connectivity index (χ4v) is 2.07. The van der Waals surface area contributed by atoms with Crippen LogP contribution in [0.3, 0.4) is 0 Å². The van der Waals surface area contributed by atoms with Gasteiger partial charge in [-0.2, -0.15) is 0 Å². The van der Waals surface area contributed by atoms with Crippen molar-refractivity contribution >= 4 is 18.4 Å². The molecule has 0 bridgehead atoms. The molecule has 0 radical (unpaired) electrons. The molecule has 3 amide bonds. The maximum Gasteiger partial charge on any atom is 0.416 e. The predicted octanol–water partition coefficient (Wildman–Crippen LogP) is 2.12. The second kappa shape index (κ2) is 10.4. The molecule has 126 valence electrons. The lowest BCUT2D eigenvalue weighted by Crippen LogP contribution is -2.21. The molecule has 0 aromatic heterocycles. The second-order valence-electron chi connectivity index (χ2n) is 5.25. The normalized spacial score (nSPS) is 18.9. The van der Waals surface area contributed by atoms with Gasteiger partial charge in [-0.05, 0) is 19.8 Å². The number of hydrogen-bond acceptors (Lipinski definition) is 4. The number of cyclic esters (lactones) is 1. The van der Waals surface area contributed by atoms with Gasteiger partial charge in [0.05, 0.1) is 6.54 Å². The standard InChI is InChI=1S/C7H8.C6H11NO.C4H5NO3/c1-7-5-3-2-4-6-7;1-2-5-3-4-7-6(5)8;6-3-5-1-2-8-4(5)7/h2-6H,1H3;5H,2-4H2,1H3,(H,7,8);3H,1-2H2. The SMILES string of the molecule is CCC1CCNC1=O.Cc1ccccc1.O=CN1CCOC1=O. The quantitative estimate of drug-likeness (QED) is 0.847. The van der Waals surface area contributed by atoms with Crippen molar-refractivity contribution in [2.75, 3.05) is 19.7 Å². The smallest absolute Gasteiger partial charge is 0.416 e. The van der Waals surface area contributed by atoms with Gasteiger partial charge in [0.2, 0.25) is 12.3 Å². The maximum atomic E-state index is 10.7. The number of rotatable bonds is 2. The molecular formula is C17H24N2O4. The summed E-state index contributed by atoms with van der Waals surface area (Å²) in [7, 11) is 0. The van der Waals surface area contributed by atoms with Crippen LogP contribution in [0.5, 0.6) is 0 Å². The molecule has 6 nitrogen and oxygen atoms in total. The van der Waals surface area contributed by atoms with Crippen LogP contribution in [0.1, 0.15) is 25.3 Å². The van der Waals surface area contributed by atoms with Crippen molar-refractivity contribution in [3.05, 3.63) is 35.9 Å². The number of benzene rings is 1. The molecule has 1 N–H and O–H groups in total. The molecule has 3 rings (SSSR count). The second-order valence-corrected chi connectivity index (χ2v) is 5.25. The van der Waals surface area contributed by atoms with Gasteiger partial charge in [-0.1, -0.05) is 42.8 Å². The van der Waals surface area contributed by atoms with E-state index in [1.54, 1.807) is 0 Å². The van der Waals surface area contributed by atoms with E-state index in [1.807, 2.05) is 18.2 Å². The molecule has 2 heterocycles. The minimum absolute atomic E-state index is 0.243. The Labute approximate surface area is 136 Å². The fourth-order valence-electron chi connectivity index (χ4n) is 2.07. The predicted molar refractivity (Wildman–Crippen MR) is 86.7 cm³/mol. The van der Waals surface area contributed by atoms with Gasteiger partial charge in [-0.3, -0.25) is 9.59 Å². The van der Waals surface area contributed by atoms with E-state index in [0.717, 1.165) is 24.3 Å². The summed E-state index contributed by atoms with van der Waals surface area (Å²) >= 11 is 0. The average molecular weight is 320 g/mol. The average Bonchev–Trinajstić information content (AvgIpc) is 3.17.